The van der Waals surface area contributed by atoms with Crippen LogP contribution in [0.25, 0.3) is 10.9 Å². The van der Waals surface area contributed by atoms with Gasteiger partial charge in [0.05, 0.1) is 0 Å². The van der Waals surface area contributed by atoms with Gasteiger partial charge in [-0.3, -0.25) is 0 Å². The van der Waals surface area contributed by atoms with Crippen molar-refractivity contribution in [3.05, 3.63) is 30.0 Å². The molecule has 1 fully saturated rings. The maximum atomic E-state index is 12.4. The first kappa shape index (κ1) is 11.1. The molecule has 1 aromatic heterocycles. The van der Waals surface area contributed by atoms with E-state index in [1.165, 1.54) is 12.1 Å². The van der Waals surface area contributed by atoms with E-state index in [4.69, 9.17) is 2.74 Å². The molecule has 0 bridgehead atoms. The summed E-state index contributed by atoms with van der Waals surface area (Å²) in [5.74, 6) is 0.0407. The smallest absolute Gasteiger partial charge is 0.387 e. The first-order chi connectivity index (χ1) is 10.4. The molecule has 0 saturated carbocycles. The Morgan fingerprint density at radius 3 is 3.10 bits per heavy atom. The number of H-pyrrole nitrogens is 1. The molecule has 1 saturated heterocycles. The Morgan fingerprint density at radius 1 is 1.55 bits per heavy atom. The molecule has 0 radical (unpaired) electrons. The zero-order chi connectivity index (χ0) is 15.9. The normalized spacial score (nSPS) is 22.3. The van der Waals surface area contributed by atoms with Crippen molar-refractivity contribution in [3.8, 4) is 5.75 Å². The molecular formula is C15H18F2N2O. The van der Waals surface area contributed by atoms with Crippen molar-refractivity contribution in [3.63, 3.8) is 0 Å². The monoisotopic (exact) mass is 282 g/mol. The minimum Gasteiger partial charge on any atom is -0.435 e. The summed E-state index contributed by atoms with van der Waals surface area (Å²) < 4.78 is 46.2. The van der Waals surface area contributed by atoms with Gasteiger partial charge in [0, 0.05) is 25.9 Å². The van der Waals surface area contributed by atoms with E-state index < -0.39 is 13.0 Å². The molecule has 0 amide bonds. The van der Waals surface area contributed by atoms with Crippen molar-refractivity contribution < 1.29 is 16.3 Å². The van der Waals surface area contributed by atoms with Gasteiger partial charge < -0.3 is 14.6 Å². The van der Waals surface area contributed by atoms with Crippen LogP contribution in [0.1, 0.15) is 21.1 Å². The van der Waals surface area contributed by atoms with E-state index in [0.717, 1.165) is 19.4 Å². The maximum absolute atomic E-state index is 12.4. The number of halogens is 2. The Morgan fingerprint density at radius 2 is 2.40 bits per heavy atom. The average Bonchev–Trinajstić information content (AvgIpc) is 3.04. The second-order valence-corrected chi connectivity index (χ2v) is 5.07. The van der Waals surface area contributed by atoms with Crippen molar-refractivity contribution >= 4 is 10.9 Å². The Balaban J connectivity index is 2.02. The van der Waals surface area contributed by atoms with Crippen molar-refractivity contribution in [1.82, 2.24) is 9.88 Å². The lowest BCUT2D eigenvalue weighted by atomic mass is 10.0. The predicted octanol–water partition coefficient (Wildman–Crippen LogP) is 3.41. The van der Waals surface area contributed by atoms with Crippen LogP contribution in [0.4, 0.5) is 8.78 Å². The summed E-state index contributed by atoms with van der Waals surface area (Å²) in [5.41, 5.74) is 1.20. The number of ether oxygens (including phenoxy) is 1. The number of fused-ring (bicyclic) bond motifs is 1. The van der Waals surface area contributed by atoms with Crippen LogP contribution in [-0.4, -0.2) is 36.1 Å². The van der Waals surface area contributed by atoms with Crippen LogP contribution >= 0.6 is 0 Å². The fraction of sp³-hybridized carbons (Fsp3) is 0.467. The number of likely N-dealkylation sites (tertiary alicyclic amines) is 1. The number of benzene rings is 1. The number of hydrogen-bond acceptors (Lipinski definition) is 2. The summed E-state index contributed by atoms with van der Waals surface area (Å²) in [6.45, 7) is -2.02. The highest BCUT2D eigenvalue weighted by atomic mass is 19.3. The standard InChI is InChI=1S/C15H18F2N2O/c1-19-6-2-3-11(19)7-10-9-18-14-5-4-12(8-13(10)14)20-15(16)17/h4-5,8-9,11,15,18H,2-3,6-7H2,1H3/t11-/m1/s1/i7D2. The molecule has 108 valence electrons. The fourth-order valence-corrected chi connectivity index (χ4v) is 2.67. The van der Waals surface area contributed by atoms with E-state index in [1.54, 1.807) is 12.3 Å². The molecule has 1 atom stereocenters. The van der Waals surface area contributed by atoms with E-state index in [9.17, 15) is 8.78 Å². The third kappa shape index (κ3) is 2.63. The van der Waals surface area contributed by atoms with Crippen LogP contribution in [0.15, 0.2) is 24.4 Å². The number of likely N-dealkylation sites (N-methyl/N-ethyl adjacent to an activating group) is 1. The van der Waals surface area contributed by atoms with Crippen molar-refractivity contribution in [2.24, 2.45) is 0 Å². The van der Waals surface area contributed by atoms with E-state index in [0.29, 0.717) is 16.5 Å². The lowest BCUT2D eigenvalue weighted by molar-refractivity contribution is -0.0497. The van der Waals surface area contributed by atoms with E-state index in [-0.39, 0.29) is 11.8 Å². The van der Waals surface area contributed by atoms with Gasteiger partial charge in [0.1, 0.15) is 5.75 Å². The van der Waals surface area contributed by atoms with Gasteiger partial charge in [0.15, 0.2) is 0 Å². The van der Waals surface area contributed by atoms with Crippen LogP contribution in [0.3, 0.4) is 0 Å². The van der Waals surface area contributed by atoms with Crippen LogP contribution < -0.4 is 4.74 Å². The van der Waals surface area contributed by atoms with Gasteiger partial charge >= 0.3 is 6.61 Å². The van der Waals surface area contributed by atoms with Gasteiger partial charge in [-0.1, -0.05) is 0 Å². The Bertz CT molecular complexity index is 675. The lowest BCUT2D eigenvalue weighted by Gasteiger charge is -2.18. The lowest BCUT2D eigenvalue weighted by Crippen LogP contribution is -2.26. The average molecular weight is 282 g/mol. The third-order valence-corrected chi connectivity index (χ3v) is 3.72. The first-order valence-corrected chi connectivity index (χ1v) is 6.66. The van der Waals surface area contributed by atoms with E-state index >= 15 is 0 Å². The molecule has 2 aromatic rings. The molecule has 1 aliphatic heterocycles. The van der Waals surface area contributed by atoms with E-state index in [1.807, 2.05) is 11.9 Å². The van der Waals surface area contributed by atoms with Gasteiger partial charge in [0.25, 0.3) is 0 Å². The highest BCUT2D eigenvalue weighted by Crippen LogP contribution is 2.28. The summed E-state index contributed by atoms with van der Waals surface area (Å²) in [5, 5.41) is 0.587. The molecule has 2 heterocycles. The summed E-state index contributed by atoms with van der Waals surface area (Å²) in [6.07, 6.45) is 1.81. The number of aromatic nitrogens is 1. The van der Waals surface area contributed by atoms with Crippen LogP contribution in [0.5, 0.6) is 5.75 Å². The second-order valence-electron chi connectivity index (χ2n) is 5.07. The van der Waals surface area contributed by atoms with Gasteiger partial charge in [-0.2, -0.15) is 8.78 Å². The largest absolute Gasteiger partial charge is 0.435 e. The van der Waals surface area contributed by atoms with Crippen LogP contribution in [0, 0.1) is 0 Å². The molecule has 3 rings (SSSR count). The second kappa shape index (κ2) is 5.40. The summed E-state index contributed by atoms with van der Waals surface area (Å²) in [4.78, 5) is 5.02. The quantitative estimate of drug-likeness (QED) is 0.931. The molecule has 1 aromatic carbocycles. The van der Waals surface area contributed by atoms with Crippen molar-refractivity contribution in [2.45, 2.75) is 31.9 Å². The van der Waals surface area contributed by atoms with Crippen molar-refractivity contribution in [1.29, 1.82) is 0 Å². The molecule has 0 spiro atoms. The summed E-state index contributed by atoms with van der Waals surface area (Å²) in [6, 6.07) is 4.34. The zero-order valence-corrected chi connectivity index (χ0v) is 11.2. The summed E-state index contributed by atoms with van der Waals surface area (Å²) >= 11 is 0. The third-order valence-electron chi connectivity index (χ3n) is 3.72. The topological polar surface area (TPSA) is 28.3 Å². The van der Waals surface area contributed by atoms with E-state index in [2.05, 4.69) is 9.72 Å². The molecule has 1 aliphatic rings. The molecule has 0 aliphatic carbocycles. The Labute approximate surface area is 119 Å². The highest BCUT2D eigenvalue weighted by molar-refractivity contribution is 5.84. The molecule has 1 N–H and O–H groups in total. The minimum atomic E-state index is -2.89. The van der Waals surface area contributed by atoms with Gasteiger partial charge in [-0.15, -0.1) is 0 Å². The molecular weight excluding hydrogens is 262 g/mol. The van der Waals surface area contributed by atoms with Gasteiger partial charge in [-0.25, -0.2) is 0 Å². The molecule has 3 nitrogen and oxygen atoms in total. The maximum Gasteiger partial charge on any atom is 0.387 e. The number of hydrogen-bond donors (Lipinski definition) is 1. The fourth-order valence-electron chi connectivity index (χ4n) is 2.67. The number of rotatable bonds is 4. The molecule has 20 heavy (non-hydrogen) atoms. The SMILES string of the molecule is [2H]C([2H])(c1c[nH]c2ccc(OC(F)F)cc12)[C@H]1CCCN1C. The van der Waals surface area contributed by atoms with Crippen LogP contribution in [-0.2, 0) is 6.37 Å². The molecule has 0 unspecified atom stereocenters. The number of nitrogens with zero attached hydrogens (tertiary/aromatic N) is 1. The van der Waals surface area contributed by atoms with Gasteiger partial charge in [0.2, 0.25) is 0 Å². The zero-order valence-electron chi connectivity index (χ0n) is 13.2. The van der Waals surface area contributed by atoms with Crippen LogP contribution in [0.2, 0.25) is 0 Å². The minimum absolute atomic E-state index is 0.0407. The number of aromatic amines is 1. The first-order valence-electron chi connectivity index (χ1n) is 7.66. The van der Waals surface area contributed by atoms with Gasteiger partial charge in [-0.05, 0) is 56.6 Å². The molecule has 5 heteroatoms. The predicted molar refractivity (Wildman–Crippen MR) is 74.3 cm³/mol. The Kier molecular flexibility index (Phi) is 2.99. The number of alkyl halides is 2. The summed E-state index contributed by atoms with van der Waals surface area (Å²) in [7, 11) is 1.91. The number of nitrogens with one attached hydrogen (secondary N) is 1. The highest BCUT2D eigenvalue weighted by Gasteiger charge is 2.22. The Hall–Kier alpha value is -1.62. The van der Waals surface area contributed by atoms with Crippen molar-refractivity contribution in [2.75, 3.05) is 13.6 Å².